The molecule has 40 heavy (non-hydrogen) atoms. The fraction of sp³-hybridized carbons (Fsp3) is 0.333. The van der Waals surface area contributed by atoms with Gasteiger partial charge in [0.25, 0.3) is 11.5 Å². The molecule has 1 aromatic heterocycles. The largest absolute Gasteiger partial charge is 0.414 e. The van der Waals surface area contributed by atoms with Crippen molar-refractivity contribution in [3.63, 3.8) is 0 Å². The van der Waals surface area contributed by atoms with Crippen LogP contribution in [0.25, 0.3) is 0 Å². The van der Waals surface area contributed by atoms with Gasteiger partial charge in [-0.25, -0.2) is 14.2 Å². The lowest BCUT2D eigenvalue weighted by Gasteiger charge is -2.35. The molecule has 1 fully saturated rings. The van der Waals surface area contributed by atoms with E-state index in [1.165, 1.54) is 35.9 Å². The highest BCUT2D eigenvalue weighted by molar-refractivity contribution is 14.1. The molecule has 0 bridgehead atoms. The molecule has 1 N–H and O–H groups in total. The Hall–Kier alpha value is -3.06. The molecule has 10 nitrogen and oxygen atoms in total. The maximum Gasteiger partial charge on any atom is 0.344 e. The SMILES string of the molecule is Cn1c(C2COCCN2CC[P+](C)=O)nc(C(=O)NCc2ccc(F)cc2)c(OC(=O)c2ccccc2I)c1=O. The van der Waals surface area contributed by atoms with Crippen LogP contribution in [0.5, 0.6) is 5.75 Å². The molecule has 1 aliphatic rings. The number of morpholine rings is 1. The van der Waals surface area contributed by atoms with Crippen LogP contribution in [-0.2, 0) is 22.9 Å². The van der Waals surface area contributed by atoms with Crippen molar-refractivity contribution in [1.82, 2.24) is 19.8 Å². The molecule has 3 aromatic rings. The minimum atomic E-state index is -1.38. The predicted octanol–water partition coefficient (Wildman–Crippen LogP) is 3.50. The maximum atomic E-state index is 13.6. The number of esters is 1. The van der Waals surface area contributed by atoms with E-state index in [1.54, 1.807) is 30.9 Å². The van der Waals surface area contributed by atoms with Crippen molar-refractivity contribution in [2.24, 2.45) is 7.05 Å². The van der Waals surface area contributed by atoms with Crippen molar-refractivity contribution < 1.29 is 28.0 Å². The molecular formula is C27H28FIN4O6P+. The van der Waals surface area contributed by atoms with E-state index in [4.69, 9.17) is 9.47 Å². The monoisotopic (exact) mass is 681 g/mol. The van der Waals surface area contributed by atoms with E-state index in [2.05, 4.69) is 10.3 Å². The number of carbonyl (C=O) groups excluding carboxylic acids is 2. The Kier molecular flexibility index (Phi) is 10.1. The van der Waals surface area contributed by atoms with Crippen molar-refractivity contribution in [3.05, 3.63) is 90.9 Å². The second-order valence-corrected chi connectivity index (χ2v) is 12.0. The highest BCUT2D eigenvalue weighted by Gasteiger charge is 2.33. The smallest absolute Gasteiger partial charge is 0.344 e. The lowest BCUT2D eigenvalue weighted by atomic mass is 10.2. The number of aromatic nitrogens is 2. The zero-order valence-electron chi connectivity index (χ0n) is 21.9. The molecule has 2 aromatic carbocycles. The molecule has 210 valence electrons. The van der Waals surface area contributed by atoms with Gasteiger partial charge in [-0.2, -0.15) is 0 Å². The third-order valence-corrected chi connectivity index (χ3v) is 8.16. The quantitative estimate of drug-likeness (QED) is 0.207. The van der Waals surface area contributed by atoms with Gasteiger partial charge < -0.3 is 14.8 Å². The maximum absolute atomic E-state index is 13.6. The van der Waals surface area contributed by atoms with E-state index in [0.29, 0.717) is 35.0 Å². The Morgan fingerprint density at radius 3 is 2.65 bits per heavy atom. The van der Waals surface area contributed by atoms with Crippen LogP contribution in [0, 0.1) is 9.39 Å². The summed E-state index contributed by atoms with van der Waals surface area (Å²) in [4.78, 5) is 46.6. The van der Waals surface area contributed by atoms with Gasteiger partial charge in [-0.3, -0.25) is 19.1 Å². The number of nitrogens with one attached hydrogen (secondary N) is 1. The van der Waals surface area contributed by atoms with Crippen LogP contribution in [0.15, 0.2) is 53.3 Å². The van der Waals surface area contributed by atoms with Crippen molar-refractivity contribution in [2.75, 3.05) is 39.1 Å². The molecule has 1 amide bonds. The first-order valence-corrected chi connectivity index (χ1v) is 15.4. The fourth-order valence-corrected chi connectivity index (χ4v) is 5.34. The highest BCUT2D eigenvalue weighted by Crippen LogP contribution is 2.26. The summed E-state index contributed by atoms with van der Waals surface area (Å²) in [5.74, 6) is -2.22. The van der Waals surface area contributed by atoms with Crippen molar-refractivity contribution in [3.8, 4) is 5.75 Å². The van der Waals surface area contributed by atoms with Crippen LogP contribution in [-0.4, -0.2) is 65.5 Å². The van der Waals surface area contributed by atoms with Crippen LogP contribution in [0.4, 0.5) is 4.39 Å². The molecule has 0 spiro atoms. The van der Waals surface area contributed by atoms with E-state index in [9.17, 15) is 23.3 Å². The van der Waals surface area contributed by atoms with Gasteiger partial charge in [0.15, 0.2) is 11.9 Å². The number of ether oxygens (including phenoxy) is 2. The lowest BCUT2D eigenvalue weighted by Crippen LogP contribution is -2.44. The molecule has 0 aliphatic carbocycles. The van der Waals surface area contributed by atoms with Crippen molar-refractivity contribution in [1.29, 1.82) is 0 Å². The second kappa shape index (κ2) is 13.5. The minimum Gasteiger partial charge on any atom is -0.414 e. The summed E-state index contributed by atoms with van der Waals surface area (Å²) in [5.41, 5.74) is -0.223. The van der Waals surface area contributed by atoms with Gasteiger partial charge in [-0.05, 0) is 52.4 Å². The molecule has 1 saturated heterocycles. The van der Waals surface area contributed by atoms with Gasteiger partial charge in [-0.15, -0.1) is 0 Å². The number of carbonyl (C=O) groups is 2. The predicted molar refractivity (Wildman–Crippen MR) is 155 cm³/mol. The summed E-state index contributed by atoms with van der Waals surface area (Å²) in [6, 6.07) is 11.8. The number of benzene rings is 2. The zero-order valence-corrected chi connectivity index (χ0v) is 25.0. The van der Waals surface area contributed by atoms with Crippen molar-refractivity contribution in [2.45, 2.75) is 12.6 Å². The molecule has 2 atom stereocenters. The molecule has 1 aliphatic heterocycles. The Morgan fingerprint density at radius 2 is 1.95 bits per heavy atom. The lowest BCUT2D eigenvalue weighted by molar-refractivity contribution is -0.0102. The molecule has 2 heterocycles. The van der Waals surface area contributed by atoms with Crippen LogP contribution >= 0.6 is 30.4 Å². The first-order valence-electron chi connectivity index (χ1n) is 12.5. The standard InChI is InChI=1S/C27H27FIN4O6P/c1-32-24(21-16-38-13-11-33(21)12-14-40(2)37)31-22(25(34)30-15-17-7-9-18(28)10-8-17)23(26(32)35)39-27(36)19-5-3-4-6-20(19)29/h3-10,21H,11-16H2,1-2H3/p+1. The Balaban J connectivity index is 1.73. The summed E-state index contributed by atoms with van der Waals surface area (Å²) in [5, 5.41) is 2.68. The topological polar surface area (TPSA) is 120 Å². The number of halogens is 2. The van der Waals surface area contributed by atoms with Crippen molar-refractivity contribution >= 4 is 42.3 Å². The van der Waals surface area contributed by atoms with E-state index in [0.717, 1.165) is 0 Å². The van der Waals surface area contributed by atoms with Crippen LogP contribution < -0.4 is 15.6 Å². The van der Waals surface area contributed by atoms with Crippen LogP contribution in [0.1, 0.15) is 38.3 Å². The first-order chi connectivity index (χ1) is 19.2. The van der Waals surface area contributed by atoms with E-state index < -0.39 is 42.8 Å². The summed E-state index contributed by atoms with van der Waals surface area (Å²) < 4.78 is 38.1. The second-order valence-electron chi connectivity index (χ2n) is 9.17. The molecule has 13 heteroatoms. The Bertz CT molecular complexity index is 1480. The van der Waals surface area contributed by atoms with E-state index >= 15 is 0 Å². The molecule has 0 radical (unpaired) electrons. The average Bonchev–Trinajstić information content (AvgIpc) is 2.94. The highest BCUT2D eigenvalue weighted by atomic mass is 127. The fourth-order valence-electron chi connectivity index (χ4n) is 4.20. The van der Waals surface area contributed by atoms with Gasteiger partial charge in [0.05, 0.1) is 24.8 Å². The summed E-state index contributed by atoms with van der Waals surface area (Å²) >= 11 is 1.98. The van der Waals surface area contributed by atoms with Gasteiger partial charge in [-0.1, -0.05) is 28.8 Å². The number of hydrogen-bond acceptors (Lipinski definition) is 8. The number of amides is 1. The average molecular weight is 681 g/mol. The molecular weight excluding hydrogens is 653 g/mol. The number of nitrogens with zero attached hydrogens (tertiary/aromatic N) is 3. The van der Waals surface area contributed by atoms with Gasteiger partial charge in [0.2, 0.25) is 5.75 Å². The molecule has 0 saturated carbocycles. The Labute approximate surface area is 244 Å². The van der Waals surface area contributed by atoms with E-state index in [-0.39, 0.29) is 30.2 Å². The number of hydrogen-bond donors (Lipinski definition) is 1. The summed E-state index contributed by atoms with van der Waals surface area (Å²) in [6.07, 6.45) is 0.455. The molecule has 2 unspecified atom stereocenters. The van der Waals surface area contributed by atoms with Gasteiger partial charge in [0, 0.05) is 30.3 Å². The normalized spacial score (nSPS) is 15.9. The first kappa shape index (κ1) is 29.9. The van der Waals surface area contributed by atoms with Crippen LogP contribution in [0.3, 0.4) is 0 Å². The minimum absolute atomic E-state index is 0.0253. The third kappa shape index (κ3) is 7.17. The van der Waals surface area contributed by atoms with Gasteiger partial charge in [0.1, 0.15) is 18.3 Å². The van der Waals surface area contributed by atoms with Gasteiger partial charge >= 0.3 is 13.8 Å². The third-order valence-electron chi connectivity index (χ3n) is 6.39. The van der Waals surface area contributed by atoms with Crippen LogP contribution in [0.2, 0.25) is 0 Å². The summed E-state index contributed by atoms with van der Waals surface area (Å²) in [6.45, 7) is 3.36. The summed E-state index contributed by atoms with van der Waals surface area (Å²) in [7, 11) is 0.108. The number of rotatable bonds is 9. The zero-order chi connectivity index (χ0) is 28.8. The van der Waals surface area contributed by atoms with E-state index in [1.807, 2.05) is 27.5 Å². The molecule has 4 rings (SSSR count). The Morgan fingerprint density at radius 1 is 1.23 bits per heavy atom.